The van der Waals surface area contributed by atoms with Crippen LogP contribution in [0, 0.1) is 5.82 Å². The SMILES string of the molecule is COc1cc(F)cc(-c2ccc(C(=O)N(Cc3cccc(OCCCCCC(=O)OC(=O)O)c3)C(C)C)cc2)c1. The van der Waals surface area contributed by atoms with Crippen molar-refractivity contribution in [1.82, 2.24) is 4.90 Å². The number of ether oxygens (including phenoxy) is 3. The molecular formula is C31H34FNO7. The van der Waals surface area contributed by atoms with E-state index in [1.807, 2.05) is 38.1 Å². The first-order chi connectivity index (χ1) is 19.2. The Morgan fingerprint density at radius 3 is 2.33 bits per heavy atom. The Labute approximate surface area is 233 Å². The molecule has 8 nitrogen and oxygen atoms in total. The number of carbonyl (C=O) groups excluding carboxylic acids is 2. The first-order valence-corrected chi connectivity index (χ1v) is 13.1. The van der Waals surface area contributed by atoms with Gasteiger partial charge in [-0.3, -0.25) is 9.59 Å². The molecule has 0 heterocycles. The van der Waals surface area contributed by atoms with Gasteiger partial charge in [0.1, 0.15) is 17.3 Å². The number of unbranched alkanes of at least 4 members (excludes halogenated alkanes) is 2. The van der Waals surface area contributed by atoms with E-state index < -0.39 is 17.9 Å². The molecule has 0 saturated heterocycles. The van der Waals surface area contributed by atoms with Gasteiger partial charge in [0.15, 0.2) is 0 Å². The summed E-state index contributed by atoms with van der Waals surface area (Å²) in [5.74, 6) is -0.174. The highest BCUT2D eigenvalue weighted by Gasteiger charge is 2.20. The summed E-state index contributed by atoms with van der Waals surface area (Å²) in [6.07, 6.45) is 0.350. The molecule has 9 heteroatoms. The number of rotatable bonds is 13. The summed E-state index contributed by atoms with van der Waals surface area (Å²) < 4.78 is 29.0. The van der Waals surface area contributed by atoms with Gasteiger partial charge in [0.25, 0.3) is 5.91 Å². The first-order valence-electron chi connectivity index (χ1n) is 13.1. The van der Waals surface area contributed by atoms with Gasteiger partial charge in [-0.15, -0.1) is 0 Å². The lowest BCUT2D eigenvalue weighted by molar-refractivity contribution is -0.139. The average Bonchev–Trinajstić information content (AvgIpc) is 2.92. The Bertz CT molecular complexity index is 1310. The zero-order valence-electron chi connectivity index (χ0n) is 22.9. The third-order valence-electron chi connectivity index (χ3n) is 6.20. The van der Waals surface area contributed by atoms with Crippen LogP contribution in [0.5, 0.6) is 11.5 Å². The second-order valence-electron chi connectivity index (χ2n) is 9.53. The van der Waals surface area contributed by atoms with E-state index in [4.69, 9.17) is 14.6 Å². The van der Waals surface area contributed by atoms with Gasteiger partial charge in [0, 0.05) is 30.6 Å². The third-order valence-corrected chi connectivity index (χ3v) is 6.20. The van der Waals surface area contributed by atoms with Crippen LogP contribution in [0.3, 0.4) is 0 Å². The molecule has 0 atom stereocenters. The monoisotopic (exact) mass is 551 g/mol. The number of hydrogen-bond acceptors (Lipinski definition) is 6. The molecule has 0 radical (unpaired) electrons. The number of carboxylic acid groups (broad SMARTS) is 1. The highest BCUT2D eigenvalue weighted by Crippen LogP contribution is 2.26. The van der Waals surface area contributed by atoms with Crippen LogP contribution in [0.25, 0.3) is 11.1 Å². The minimum atomic E-state index is -1.59. The summed E-state index contributed by atoms with van der Waals surface area (Å²) in [5, 5.41) is 8.42. The number of benzene rings is 3. The van der Waals surface area contributed by atoms with Crippen molar-refractivity contribution in [3.8, 4) is 22.6 Å². The molecule has 0 saturated carbocycles. The fourth-order valence-corrected chi connectivity index (χ4v) is 4.12. The normalized spacial score (nSPS) is 10.7. The van der Waals surface area contributed by atoms with Crippen LogP contribution in [0.4, 0.5) is 9.18 Å². The van der Waals surface area contributed by atoms with Gasteiger partial charge in [-0.1, -0.05) is 24.3 Å². The van der Waals surface area contributed by atoms with Crippen LogP contribution < -0.4 is 9.47 Å². The number of carbonyl (C=O) groups is 3. The summed E-state index contributed by atoms with van der Waals surface area (Å²) in [4.78, 5) is 36.8. The Kier molecular flexibility index (Phi) is 11.1. The number of halogens is 1. The summed E-state index contributed by atoms with van der Waals surface area (Å²) >= 11 is 0. The van der Waals surface area contributed by atoms with Gasteiger partial charge >= 0.3 is 12.1 Å². The number of nitrogens with zero attached hydrogens (tertiary/aromatic N) is 1. The zero-order chi connectivity index (χ0) is 29.1. The first kappa shape index (κ1) is 30.1. The third kappa shape index (κ3) is 9.11. The maximum Gasteiger partial charge on any atom is 0.513 e. The van der Waals surface area contributed by atoms with E-state index in [2.05, 4.69) is 4.74 Å². The Hall–Kier alpha value is -4.40. The summed E-state index contributed by atoms with van der Waals surface area (Å²) in [5.41, 5.74) is 2.88. The molecule has 0 unspecified atom stereocenters. The average molecular weight is 552 g/mol. The van der Waals surface area contributed by atoms with Crippen molar-refractivity contribution in [2.45, 2.75) is 52.1 Å². The Morgan fingerprint density at radius 1 is 0.900 bits per heavy atom. The van der Waals surface area contributed by atoms with Crippen LogP contribution >= 0.6 is 0 Å². The molecule has 0 aliphatic rings. The summed E-state index contributed by atoms with van der Waals surface area (Å²) in [7, 11) is 1.48. The smallest absolute Gasteiger partial charge is 0.497 e. The molecule has 40 heavy (non-hydrogen) atoms. The van der Waals surface area contributed by atoms with Gasteiger partial charge < -0.3 is 24.2 Å². The van der Waals surface area contributed by atoms with E-state index in [-0.39, 0.29) is 18.4 Å². The van der Waals surface area contributed by atoms with Crippen molar-refractivity contribution >= 4 is 18.0 Å². The summed E-state index contributed by atoms with van der Waals surface area (Å²) in [6.45, 7) is 4.74. The van der Waals surface area contributed by atoms with Gasteiger partial charge in [-0.05, 0) is 86.2 Å². The molecule has 0 fully saturated rings. The van der Waals surface area contributed by atoms with Crippen molar-refractivity contribution < 1.29 is 38.1 Å². The fourth-order valence-electron chi connectivity index (χ4n) is 4.12. The van der Waals surface area contributed by atoms with E-state index >= 15 is 0 Å². The maximum absolute atomic E-state index is 13.9. The Balaban J connectivity index is 1.57. The highest BCUT2D eigenvalue weighted by atomic mass is 19.1. The van der Waals surface area contributed by atoms with E-state index in [9.17, 15) is 18.8 Å². The van der Waals surface area contributed by atoms with E-state index in [1.165, 1.54) is 19.2 Å². The van der Waals surface area contributed by atoms with Crippen molar-refractivity contribution in [2.24, 2.45) is 0 Å². The van der Waals surface area contributed by atoms with E-state index in [0.717, 1.165) is 11.1 Å². The van der Waals surface area contributed by atoms with Crippen molar-refractivity contribution in [3.63, 3.8) is 0 Å². The second kappa shape index (κ2) is 14.7. The van der Waals surface area contributed by atoms with Gasteiger partial charge in [-0.2, -0.15) is 0 Å². The van der Waals surface area contributed by atoms with Crippen LogP contribution in [-0.2, 0) is 16.1 Å². The lowest BCUT2D eigenvalue weighted by Crippen LogP contribution is -2.36. The molecule has 1 amide bonds. The molecule has 3 rings (SSSR count). The van der Waals surface area contributed by atoms with E-state index in [1.54, 1.807) is 35.2 Å². The maximum atomic E-state index is 13.9. The number of amides is 1. The molecule has 0 aromatic heterocycles. The van der Waals surface area contributed by atoms with Gasteiger partial charge in [-0.25, -0.2) is 9.18 Å². The molecule has 0 bridgehead atoms. The van der Waals surface area contributed by atoms with Crippen LogP contribution in [0.15, 0.2) is 66.7 Å². The topological polar surface area (TPSA) is 102 Å². The van der Waals surface area contributed by atoms with Crippen molar-refractivity contribution in [3.05, 3.63) is 83.7 Å². The molecule has 0 aliphatic heterocycles. The molecule has 0 aliphatic carbocycles. The minimum absolute atomic E-state index is 0.0448. The number of esters is 1. The second-order valence-corrected chi connectivity index (χ2v) is 9.53. The predicted molar refractivity (Wildman–Crippen MR) is 148 cm³/mol. The Morgan fingerprint density at radius 2 is 1.65 bits per heavy atom. The molecule has 1 N–H and O–H groups in total. The zero-order valence-corrected chi connectivity index (χ0v) is 22.9. The van der Waals surface area contributed by atoms with E-state index in [0.29, 0.717) is 55.0 Å². The molecule has 0 spiro atoms. The largest absolute Gasteiger partial charge is 0.513 e. The summed E-state index contributed by atoms with van der Waals surface area (Å²) in [6, 6.07) is 19.0. The number of hydrogen-bond donors (Lipinski definition) is 1. The molecular weight excluding hydrogens is 517 g/mol. The predicted octanol–water partition coefficient (Wildman–Crippen LogP) is 6.71. The van der Waals surface area contributed by atoms with Crippen LogP contribution in [-0.4, -0.2) is 47.8 Å². The standard InChI is InChI=1S/C31H34FNO7/c1-21(2)33(30(35)24-13-11-23(12-14-24)25-17-26(32)19-28(18-25)38-3)20-22-8-7-9-27(16-22)39-15-6-4-5-10-29(34)40-31(36)37/h7-9,11-14,16-19,21H,4-6,10,15,20H2,1-3H3,(H,36,37). The highest BCUT2D eigenvalue weighted by molar-refractivity contribution is 5.95. The fraction of sp³-hybridized carbons (Fsp3) is 0.323. The lowest BCUT2D eigenvalue weighted by Gasteiger charge is -2.27. The van der Waals surface area contributed by atoms with Gasteiger partial charge in [0.2, 0.25) is 0 Å². The van der Waals surface area contributed by atoms with Crippen LogP contribution in [0.1, 0.15) is 55.5 Å². The molecule has 212 valence electrons. The van der Waals surface area contributed by atoms with Gasteiger partial charge in [0.05, 0.1) is 13.7 Å². The number of methoxy groups -OCH3 is 1. The quantitative estimate of drug-likeness (QED) is 0.143. The van der Waals surface area contributed by atoms with Crippen LogP contribution in [0.2, 0.25) is 0 Å². The van der Waals surface area contributed by atoms with Crippen molar-refractivity contribution in [1.29, 1.82) is 0 Å². The molecule has 3 aromatic rings. The van der Waals surface area contributed by atoms with Crippen molar-refractivity contribution in [2.75, 3.05) is 13.7 Å². The minimum Gasteiger partial charge on any atom is -0.497 e. The molecule has 3 aromatic carbocycles. The lowest BCUT2D eigenvalue weighted by atomic mass is 10.0.